The quantitative estimate of drug-likeness (QED) is 0.394. The Morgan fingerprint density at radius 3 is 2.48 bits per heavy atom. The number of likely N-dealkylation sites (N-methyl/N-ethyl adjacent to an activating group) is 1. The Kier molecular flexibility index (Phi) is 11.5. The van der Waals surface area contributed by atoms with E-state index in [0.29, 0.717) is 12.5 Å². The summed E-state index contributed by atoms with van der Waals surface area (Å²) >= 11 is 1.21. The smallest absolute Gasteiger partial charge is 0.414 e. The molecule has 0 unspecified atom stereocenters. The van der Waals surface area contributed by atoms with E-state index in [4.69, 9.17) is 24.5 Å². The molecule has 1 aromatic rings. The molecule has 1 aliphatic heterocycles. The summed E-state index contributed by atoms with van der Waals surface area (Å²) in [6.45, 7) is 4.98. The Labute approximate surface area is 173 Å². The summed E-state index contributed by atoms with van der Waals surface area (Å²) in [6, 6.07) is 0. The molecule has 0 saturated carbocycles. The Morgan fingerprint density at radius 1 is 1.17 bits per heavy atom. The third kappa shape index (κ3) is 10.5. The molecule has 29 heavy (non-hydrogen) atoms. The molecule has 0 aromatic carbocycles. The highest BCUT2D eigenvalue weighted by molar-refractivity contribution is 6.99. The summed E-state index contributed by atoms with van der Waals surface area (Å²) in [6.07, 6.45) is 7.50. The van der Waals surface area contributed by atoms with Crippen LogP contribution in [-0.4, -0.2) is 75.0 Å². The lowest BCUT2D eigenvalue weighted by Gasteiger charge is -2.22. The summed E-state index contributed by atoms with van der Waals surface area (Å²) in [4.78, 5) is 31.2. The van der Waals surface area contributed by atoms with E-state index in [-0.39, 0.29) is 5.91 Å². The van der Waals surface area contributed by atoms with Crippen molar-refractivity contribution in [1.29, 1.82) is 0 Å². The largest absolute Gasteiger partial charge is 0.475 e. The van der Waals surface area contributed by atoms with E-state index in [1.54, 1.807) is 6.92 Å². The van der Waals surface area contributed by atoms with Crippen LogP contribution in [0.2, 0.25) is 0 Å². The van der Waals surface area contributed by atoms with Crippen molar-refractivity contribution < 1.29 is 29.3 Å². The second kappa shape index (κ2) is 13.6. The molecule has 10 nitrogen and oxygen atoms in total. The van der Waals surface area contributed by atoms with Gasteiger partial charge >= 0.3 is 11.9 Å². The fourth-order valence-corrected chi connectivity index (χ4v) is 3.08. The number of hydrogen-bond acceptors (Lipinski definition) is 8. The number of amides is 1. The first kappa shape index (κ1) is 24.5. The lowest BCUT2D eigenvalue weighted by molar-refractivity contribution is -0.159. The van der Waals surface area contributed by atoms with Crippen LogP contribution in [0, 0.1) is 0 Å². The summed E-state index contributed by atoms with van der Waals surface area (Å²) in [7, 11) is 2.12. The van der Waals surface area contributed by atoms with Gasteiger partial charge in [0.25, 0.3) is 5.88 Å². The number of carbonyl (C=O) groups excluding carboxylic acids is 1. The van der Waals surface area contributed by atoms with E-state index in [2.05, 4.69) is 32.1 Å². The predicted molar refractivity (Wildman–Crippen MR) is 108 cm³/mol. The van der Waals surface area contributed by atoms with Gasteiger partial charge in [0.1, 0.15) is 5.69 Å². The Bertz CT molecular complexity index is 694. The number of unbranched alkanes of at least 4 members (excludes halogenated alkanes) is 3. The van der Waals surface area contributed by atoms with Gasteiger partial charge in [-0.3, -0.25) is 4.79 Å². The summed E-state index contributed by atoms with van der Waals surface area (Å²) in [5, 5.41) is 17.6. The fraction of sp³-hybridized carbons (Fsp3) is 0.611. The van der Waals surface area contributed by atoms with Crippen LogP contribution in [0.4, 0.5) is 0 Å². The highest BCUT2D eigenvalue weighted by Crippen LogP contribution is 2.27. The molecule has 3 N–H and O–H groups in total. The first-order valence-electron chi connectivity index (χ1n) is 9.35. The Balaban J connectivity index is 0.000000612. The molecule has 0 spiro atoms. The Morgan fingerprint density at radius 2 is 1.86 bits per heavy atom. The van der Waals surface area contributed by atoms with Gasteiger partial charge in [0.2, 0.25) is 5.91 Å². The fourth-order valence-electron chi connectivity index (χ4n) is 2.55. The number of nitrogens with one attached hydrogen (secondary N) is 1. The van der Waals surface area contributed by atoms with Crippen molar-refractivity contribution in [3.63, 3.8) is 0 Å². The molecule has 2 rings (SSSR count). The van der Waals surface area contributed by atoms with Crippen LogP contribution in [0.5, 0.6) is 5.88 Å². The minimum absolute atomic E-state index is 0.0413. The third-order valence-corrected chi connectivity index (χ3v) is 4.48. The molecule has 162 valence electrons. The van der Waals surface area contributed by atoms with Gasteiger partial charge in [0, 0.05) is 26.6 Å². The lowest BCUT2D eigenvalue weighted by atomic mass is 10.1. The van der Waals surface area contributed by atoms with Gasteiger partial charge in [-0.05, 0) is 31.9 Å². The molecule has 0 saturated heterocycles. The molecule has 0 atom stereocenters. The average Bonchev–Trinajstić information content (AvgIpc) is 3.12. The van der Waals surface area contributed by atoms with Crippen molar-refractivity contribution in [2.45, 2.75) is 39.0 Å². The van der Waals surface area contributed by atoms with Gasteiger partial charge in [-0.25, -0.2) is 9.59 Å². The first-order valence-corrected chi connectivity index (χ1v) is 10.1. The van der Waals surface area contributed by atoms with Crippen molar-refractivity contribution in [2.75, 3.05) is 33.3 Å². The normalized spacial score (nSPS) is 13.7. The molecule has 0 fully saturated rings. The second-order valence-electron chi connectivity index (χ2n) is 6.53. The monoisotopic (exact) mass is 428 g/mol. The number of aliphatic carboxylic acids is 2. The molecule has 0 bridgehead atoms. The number of rotatable bonds is 9. The van der Waals surface area contributed by atoms with Crippen molar-refractivity contribution in [1.82, 2.24) is 19.0 Å². The molecule has 1 aliphatic rings. The van der Waals surface area contributed by atoms with E-state index in [0.717, 1.165) is 57.4 Å². The number of ether oxygens (including phenoxy) is 1. The van der Waals surface area contributed by atoms with E-state index >= 15 is 0 Å². The maximum atomic E-state index is 10.7. The zero-order valence-electron chi connectivity index (χ0n) is 16.7. The van der Waals surface area contributed by atoms with Crippen LogP contribution in [-0.2, 0) is 14.4 Å². The molecule has 11 heteroatoms. The van der Waals surface area contributed by atoms with Gasteiger partial charge in [0.15, 0.2) is 0 Å². The minimum Gasteiger partial charge on any atom is -0.475 e. The lowest BCUT2D eigenvalue weighted by Crippen LogP contribution is -2.25. The molecule has 1 aromatic heterocycles. The number of nitrogens with zero attached hydrogens (tertiary/aromatic N) is 3. The van der Waals surface area contributed by atoms with Crippen molar-refractivity contribution >= 4 is 35.1 Å². The number of carbonyl (C=O) groups is 3. The minimum atomic E-state index is -1.82. The molecule has 2 heterocycles. The SMILES string of the molecule is CC(=O)NCCCCCCOc1nsnc1C1=CCCN(C)C1.O=C(O)C(=O)O. The third-order valence-electron chi connectivity index (χ3n) is 3.97. The van der Waals surface area contributed by atoms with Crippen LogP contribution >= 0.6 is 11.7 Å². The zero-order chi connectivity index (χ0) is 21.6. The molecule has 1 amide bonds. The number of carboxylic acid groups (broad SMARTS) is 2. The van der Waals surface area contributed by atoms with Gasteiger partial charge in [0.05, 0.1) is 18.3 Å². The van der Waals surface area contributed by atoms with E-state index in [1.165, 1.54) is 17.3 Å². The van der Waals surface area contributed by atoms with Crippen molar-refractivity contribution in [3.05, 3.63) is 11.8 Å². The molecule has 0 aliphatic carbocycles. The predicted octanol–water partition coefficient (Wildman–Crippen LogP) is 1.49. The topological polar surface area (TPSA) is 142 Å². The second-order valence-corrected chi connectivity index (χ2v) is 7.06. The van der Waals surface area contributed by atoms with Gasteiger partial charge in [-0.15, -0.1) is 4.37 Å². The zero-order valence-corrected chi connectivity index (χ0v) is 17.5. The van der Waals surface area contributed by atoms with E-state index in [9.17, 15) is 4.79 Å². The van der Waals surface area contributed by atoms with Gasteiger partial charge < -0.3 is 25.2 Å². The van der Waals surface area contributed by atoms with Crippen LogP contribution in [0.25, 0.3) is 5.57 Å². The molecule has 0 radical (unpaired) electrons. The van der Waals surface area contributed by atoms with Crippen LogP contribution < -0.4 is 10.1 Å². The van der Waals surface area contributed by atoms with Gasteiger partial charge in [-0.2, -0.15) is 4.37 Å². The summed E-state index contributed by atoms with van der Waals surface area (Å²) in [5.74, 6) is -2.93. The average molecular weight is 429 g/mol. The summed E-state index contributed by atoms with van der Waals surface area (Å²) in [5.41, 5.74) is 2.13. The number of carboxylic acids is 2. The van der Waals surface area contributed by atoms with E-state index in [1.807, 2.05) is 0 Å². The molecular weight excluding hydrogens is 400 g/mol. The Hall–Kier alpha value is -2.53. The van der Waals surface area contributed by atoms with Gasteiger partial charge in [-0.1, -0.05) is 18.9 Å². The van der Waals surface area contributed by atoms with Crippen molar-refractivity contribution in [2.24, 2.45) is 0 Å². The standard InChI is InChI=1S/C16H26N4O2S.C2H2O4/c1-13(21)17-9-5-3-4-6-11-22-16-15(18-23-19-16)14-8-7-10-20(2)12-14;3-1(4)2(5)6/h8H,3-7,9-12H2,1-2H3,(H,17,21);(H,3,4)(H,5,6). The maximum absolute atomic E-state index is 10.7. The van der Waals surface area contributed by atoms with E-state index < -0.39 is 11.9 Å². The van der Waals surface area contributed by atoms with Crippen LogP contribution in [0.1, 0.15) is 44.7 Å². The first-order chi connectivity index (χ1) is 13.8. The number of aromatic nitrogens is 2. The van der Waals surface area contributed by atoms with Crippen molar-refractivity contribution in [3.8, 4) is 5.88 Å². The highest BCUT2D eigenvalue weighted by atomic mass is 32.1. The maximum Gasteiger partial charge on any atom is 0.414 e. The van der Waals surface area contributed by atoms with Crippen LogP contribution in [0.3, 0.4) is 0 Å². The highest BCUT2D eigenvalue weighted by Gasteiger charge is 2.18. The van der Waals surface area contributed by atoms with Crippen LogP contribution in [0.15, 0.2) is 6.08 Å². The summed E-state index contributed by atoms with van der Waals surface area (Å²) < 4.78 is 14.5. The number of hydrogen-bond donors (Lipinski definition) is 3. The molecular formula is C18H28N4O6S.